The highest BCUT2D eigenvalue weighted by molar-refractivity contribution is 8.00. The van der Waals surface area contributed by atoms with Crippen LogP contribution in [0.2, 0.25) is 0 Å². The maximum absolute atomic E-state index is 12.3. The van der Waals surface area contributed by atoms with Crippen molar-refractivity contribution in [2.45, 2.75) is 25.7 Å². The molecule has 1 heterocycles. The van der Waals surface area contributed by atoms with Crippen molar-refractivity contribution in [3.05, 3.63) is 66.0 Å². The van der Waals surface area contributed by atoms with Crippen molar-refractivity contribution in [1.82, 2.24) is 9.78 Å². The molecule has 27 heavy (non-hydrogen) atoms. The molecule has 3 aromatic rings. The lowest BCUT2D eigenvalue weighted by Crippen LogP contribution is -2.14. The van der Waals surface area contributed by atoms with Gasteiger partial charge in [0.15, 0.2) is 0 Å². The summed E-state index contributed by atoms with van der Waals surface area (Å²) in [6, 6.07) is 17.4. The molecule has 140 valence electrons. The van der Waals surface area contributed by atoms with E-state index in [2.05, 4.69) is 10.4 Å². The van der Waals surface area contributed by atoms with Gasteiger partial charge in [0.25, 0.3) is 0 Å². The number of anilines is 1. The summed E-state index contributed by atoms with van der Waals surface area (Å²) in [5.41, 5.74) is 3.74. The van der Waals surface area contributed by atoms with Crippen LogP contribution < -0.4 is 10.1 Å². The molecule has 6 heteroatoms. The Morgan fingerprint density at radius 1 is 1.11 bits per heavy atom. The topological polar surface area (TPSA) is 56.1 Å². The van der Waals surface area contributed by atoms with Gasteiger partial charge in [-0.05, 0) is 57.2 Å². The predicted molar refractivity (Wildman–Crippen MR) is 110 cm³/mol. The summed E-state index contributed by atoms with van der Waals surface area (Å²) in [4.78, 5) is 13.3. The third-order valence-electron chi connectivity index (χ3n) is 4.02. The number of ether oxygens (including phenoxy) is 1. The van der Waals surface area contributed by atoms with Crippen LogP contribution in [0, 0.1) is 13.8 Å². The fourth-order valence-electron chi connectivity index (χ4n) is 2.79. The van der Waals surface area contributed by atoms with Gasteiger partial charge >= 0.3 is 0 Å². The van der Waals surface area contributed by atoms with Crippen LogP contribution >= 0.6 is 11.8 Å². The Kier molecular flexibility index (Phi) is 6.19. The second kappa shape index (κ2) is 8.77. The number of aromatic nitrogens is 2. The molecular weight excluding hydrogens is 358 g/mol. The highest BCUT2D eigenvalue weighted by Crippen LogP contribution is 2.28. The first-order valence-corrected chi connectivity index (χ1v) is 9.84. The largest absolute Gasteiger partial charge is 0.494 e. The second-order valence-corrected chi connectivity index (χ2v) is 7.03. The summed E-state index contributed by atoms with van der Waals surface area (Å²) >= 11 is 1.51. The molecular formula is C21H23N3O2S. The van der Waals surface area contributed by atoms with Gasteiger partial charge in [-0.15, -0.1) is 11.8 Å². The molecule has 0 aliphatic heterocycles. The number of nitrogens with zero attached hydrogens (tertiary/aromatic N) is 2. The Morgan fingerprint density at radius 2 is 1.81 bits per heavy atom. The van der Waals surface area contributed by atoms with Crippen LogP contribution in [0.4, 0.5) is 5.69 Å². The van der Waals surface area contributed by atoms with Gasteiger partial charge in [-0.1, -0.05) is 18.2 Å². The van der Waals surface area contributed by atoms with E-state index in [1.807, 2.05) is 80.1 Å². The molecule has 3 rings (SSSR count). The van der Waals surface area contributed by atoms with E-state index < -0.39 is 0 Å². The fourth-order valence-corrected chi connectivity index (χ4v) is 3.69. The molecule has 0 bridgehead atoms. The number of benzene rings is 2. The molecule has 0 atom stereocenters. The lowest BCUT2D eigenvalue weighted by Gasteiger charge is -2.08. The van der Waals surface area contributed by atoms with Gasteiger partial charge in [0.1, 0.15) is 5.75 Å². The van der Waals surface area contributed by atoms with Gasteiger partial charge in [0.05, 0.1) is 34.3 Å². The lowest BCUT2D eigenvalue weighted by atomic mass is 10.3. The fraction of sp³-hybridized carbons (Fsp3) is 0.238. The smallest absolute Gasteiger partial charge is 0.234 e. The summed E-state index contributed by atoms with van der Waals surface area (Å²) < 4.78 is 7.33. The van der Waals surface area contributed by atoms with Crippen molar-refractivity contribution in [3.63, 3.8) is 0 Å². The number of hydrogen-bond donors (Lipinski definition) is 1. The standard InChI is InChI=1S/C21H23N3O2S/c1-4-26-19-12-10-17(11-13-19)22-20(25)14-27-21-15(2)23-24(16(21)3)18-8-6-5-7-9-18/h5-13H,4,14H2,1-3H3,(H,22,25). The third kappa shape index (κ3) is 4.71. The second-order valence-electron chi connectivity index (χ2n) is 6.04. The number of aryl methyl sites for hydroxylation is 1. The summed E-state index contributed by atoms with van der Waals surface area (Å²) in [5, 5.41) is 7.54. The van der Waals surface area contributed by atoms with Crippen molar-refractivity contribution in [3.8, 4) is 11.4 Å². The monoisotopic (exact) mass is 381 g/mol. The van der Waals surface area contributed by atoms with E-state index >= 15 is 0 Å². The molecule has 0 spiro atoms. The summed E-state index contributed by atoms with van der Waals surface area (Å²) in [6.45, 7) is 6.56. The van der Waals surface area contributed by atoms with Gasteiger partial charge in [0.2, 0.25) is 5.91 Å². The molecule has 2 aromatic carbocycles. The molecule has 0 fully saturated rings. The number of carbonyl (C=O) groups excluding carboxylic acids is 1. The zero-order chi connectivity index (χ0) is 19.2. The minimum atomic E-state index is -0.0459. The zero-order valence-electron chi connectivity index (χ0n) is 15.7. The Bertz CT molecular complexity index is 905. The van der Waals surface area contributed by atoms with Crippen molar-refractivity contribution in [2.75, 3.05) is 17.7 Å². The highest BCUT2D eigenvalue weighted by atomic mass is 32.2. The number of para-hydroxylation sites is 1. The quantitative estimate of drug-likeness (QED) is 0.607. The molecule has 0 aliphatic carbocycles. The number of rotatable bonds is 7. The summed E-state index contributed by atoms with van der Waals surface area (Å²) in [6.07, 6.45) is 0. The van der Waals surface area contributed by atoms with Crippen LogP contribution in [0.25, 0.3) is 5.69 Å². The van der Waals surface area contributed by atoms with Crippen molar-refractivity contribution in [1.29, 1.82) is 0 Å². The van der Waals surface area contributed by atoms with E-state index in [1.165, 1.54) is 11.8 Å². The first-order chi connectivity index (χ1) is 13.1. The first-order valence-electron chi connectivity index (χ1n) is 8.85. The molecule has 0 saturated carbocycles. The average Bonchev–Trinajstić information content (AvgIpc) is 2.96. The molecule has 0 aliphatic rings. The van der Waals surface area contributed by atoms with Crippen molar-refractivity contribution in [2.24, 2.45) is 0 Å². The molecule has 5 nitrogen and oxygen atoms in total. The molecule has 1 aromatic heterocycles. The van der Waals surface area contributed by atoms with Gasteiger partial charge in [-0.25, -0.2) is 4.68 Å². The highest BCUT2D eigenvalue weighted by Gasteiger charge is 2.15. The summed E-state index contributed by atoms with van der Waals surface area (Å²) in [7, 11) is 0. The van der Waals surface area contributed by atoms with Crippen LogP contribution in [0.5, 0.6) is 5.75 Å². The molecule has 0 unspecified atom stereocenters. The van der Waals surface area contributed by atoms with Gasteiger partial charge in [-0.3, -0.25) is 4.79 Å². The van der Waals surface area contributed by atoms with E-state index in [9.17, 15) is 4.79 Å². The lowest BCUT2D eigenvalue weighted by molar-refractivity contribution is -0.113. The van der Waals surface area contributed by atoms with Gasteiger partial charge < -0.3 is 10.1 Å². The van der Waals surface area contributed by atoms with Crippen molar-refractivity contribution < 1.29 is 9.53 Å². The maximum atomic E-state index is 12.3. The van der Waals surface area contributed by atoms with E-state index in [0.29, 0.717) is 12.4 Å². The van der Waals surface area contributed by atoms with E-state index in [0.717, 1.165) is 33.4 Å². The first kappa shape index (κ1) is 19.0. The Morgan fingerprint density at radius 3 is 2.48 bits per heavy atom. The van der Waals surface area contributed by atoms with Crippen LogP contribution in [-0.4, -0.2) is 28.0 Å². The average molecular weight is 382 g/mol. The molecule has 1 amide bonds. The number of hydrogen-bond acceptors (Lipinski definition) is 4. The van der Waals surface area contributed by atoms with Crippen molar-refractivity contribution >= 4 is 23.4 Å². The minimum Gasteiger partial charge on any atom is -0.494 e. The van der Waals surface area contributed by atoms with E-state index in [4.69, 9.17) is 4.74 Å². The number of amides is 1. The zero-order valence-corrected chi connectivity index (χ0v) is 16.5. The van der Waals surface area contributed by atoms with Crippen LogP contribution in [-0.2, 0) is 4.79 Å². The third-order valence-corrected chi connectivity index (χ3v) is 5.31. The van der Waals surface area contributed by atoms with E-state index in [1.54, 1.807) is 0 Å². The SMILES string of the molecule is CCOc1ccc(NC(=O)CSc2c(C)nn(-c3ccccc3)c2C)cc1. The minimum absolute atomic E-state index is 0.0459. The van der Waals surface area contributed by atoms with E-state index in [-0.39, 0.29) is 5.91 Å². The number of nitrogens with one attached hydrogen (secondary N) is 1. The Hall–Kier alpha value is -2.73. The summed E-state index contributed by atoms with van der Waals surface area (Å²) in [5.74, 6) is 1.08. The van der Waals surface area contributed by atoms with Gasteiger partial charge in [0, 0.05) is 5.69 Å². The normalized spacial score (nSPS) is 10.6. The molecule has 1 N–H and O–H groups in total. The number of carbonyl (C=O) groups is 1. The molecule has 0 radical (unpaired) electrons. The molecule has 0 saturated heterocycles. The Balaban J connectivity index is 1.63. The van der Waals surface area contributed by atoms with Crippen LogP contribution in [0.3, 0.4) is 0 Å². The van der Waals surface area contributed by atoms with Crippen LogP contribution in [0.15, 0.2) is 59.5 Å². The maximum Gasteiger partial charge on any atom is 0.234 e. The Labute approximate surface area is 163 Å². The van der Waals surface area contributed by atoms with Gasteiger partial charge in [-0.2, -0.15) is 5.10 Å². The number of thioether (sulfide) groups is 1. The van der Waals surface area contributed by atoms with Crippen LogP contribution in [0.1, 0.15) is 18.3 Å². The predicted octanol–water partition coefficient (Wildman–Crippen LogP) is 4.62.